The van der Waals surface area contributed by atoms with E-state index in [4.69, 9.17) is 10.8 Å². The summed E-state index contributed by atoms with van der Waals surface area (Å²) in [6.07, 6.45) is -0.478. The van der Waals surface area contributed by atoms with Crippen LogP contribution in [0.3, 0.4) is 0 Å². The molecule has 1 rings (SSSR count). The molecule has 0 saturated carbocycles. The zero-order valence-corrected chi connectivity index (χ0v) is 7.88. The lowest BCUT2D eigenvalue weighted by Gasteiger charge is -2.22. The zero-order valence-electron chi connectivity index (χ0n) is 7.88. The van der Waals surface area contributed by atoms with Gasteiger partial charge in [-0.1, -0.05) is 0 Å². The molecule has 4 N–H and O–H groups in total. The summed E-state index contributed by atoms with van der Waals surface area (Å²) in [6.45, 7) is 1.48. The van der Waals surface area contributed by atoms with Gasteiger partial charge in [0.05, 0.1) is 0 Å². The van der Waals surface area contributed by atoms with Gasteiger partial charge in [0.25, 0.3) is 6.04 Å². The van der Waals surface area contributed by atoms with Crippen LogP contribution in [0.25, 0.3) is 0 Å². The first-order valence-corrected chi connectivity index (χ1v) is 4.09. The molecule has 0 radical (unpaired) electrons. The van der Waals surface area contributed by atoms with Crippen molar-refractivity contribution in [2.45, 2.75) is 19.1 Å². The molecule has 2 unspecified atom stereocenters. The smallest absolute Gasteiger partial charge is 0.338 e. The quantitative estimate of drug-likeness (QED) is 0.410. The first kappa shape index (κ1) is 11.2. The number of hydrogen-bond acceptors (Lipinski definition) is 5. The molecule has 1 aliphatic rings. The van der Waals surface area contributed by atoms with Crippen molar-refractivity contribution in [2.24, 2.45) is 5.73 Å². The molecule has 0 amide bonds. The van der Waals surface area contributed by atoms with Crippen molar-refractivity contribution in [2.75, 3.05) is 0 Å². The minimum absolute atomic E-state index is 0.0679. The van der Waals surface area contributed by atoms with Crippen LogP contribution in [0.4, 0.5) is 0 Å². The number of carboxylic acids is 1. The van der Waals surface area contributed by atoms with Crippen LogP contribution in [0.2, 0.25) is 0 Å². The fourth-order valence-corrected chi connectivity index (χ4v) is 1.39. The number of nitrogens with two attached hydrogens (primary N) is 1. The van der Waals surface area contributed by atoms with Gasteiger partial charge in [0.2, 0.25) is 0 Å². The van der Waals surface area contributed by atoms with Crippen LogP contribution in [0.5, 0.6) is 0 Å². The van der Waals surface area contributed by atoms with Crippen LogP contribution in [0.15, 0.2) is 22.9 Å². The highest BCUT2D eigenvalue weighted by Crippen LogP contribution is 2.24. The van der Waals surface area contributed by atoms with Gasteiger partial charge < -0.3 is 15.9 Å². The van der Waals surface area contributed by atoms with Crippen LogP contribution in [0, 0.1) is 10.1 Å². The monoisotopic (exact) mass is 214 g/mol. The Kier molecular flexibility index (Phi) is 2.76. The van der Waals surface area contributed by atoms with E-state index in [2.05, 4.69) is 0 Å². The number of nitrogens with zero attached hydrogens (tertiary/aromatic N) is 1. The summed E-state index contributed by atoms with van der Waals surface area (Å²) in [5.74, 6) is -1.43. The van der Waals surface area contributed by atoms with Gasteiger partial charge in [-0.05, 0) is 18.6 Å². The molecule has 0 bridgehead atoms. The van der Waals surface area contributed by atoms with E-state index in [0.717, 1.165) is 6.08 Å². The summed E-state index contributed by atoms with van der Waals surface area (Å²) in [5.41, 5.74) is 5.20. The minimum Gasteiger partial charge on any atom is -0.478 e. The van der Waals surface area contributed by atoms with Crippen molar-refractivity contribution in [1.29, 1.82) is 0 Å². The van der Waals surface area contributed by atoms with Gasteiger partial charge in [-0.3, -0.25) is 10.1 Å². The Bertz CT molecular complexity index is 384. The number of hydrogen-bond donors (Lipinski definition) is 3. The van der Waals surface area contributed by atoms with Gasteiger partial charge in [0, 0.05) is 10.6 Å². The van der Waals surface area contributed by atoms with Crippen molar-refractivity contribution < 1.29 is 19.9 Å². The summed E-state index contributed by atoms with van der Waals surface area (Å²) >= 11 is 0. The summed E-state index contributed by atoms with van der Waals surface area (Å²) in [5, 5.41) is 28.8. The molecule has 0 heterocycles. The highest BCUT2D eigenvalue weighted by molar-refractivity contribution is 5.89. The van der Waals surface area contributed by atoms with E-state index >= 15 is 0 Å². The van der Waals surface area contributed by atoms with Crippen LogP contribution < -0.4 is 5.73 Å². The highest BCUT2D eigenvalue weighted by Gasteiger charge is 2.42. The molecule has 0 aromatic carbocycles. The minimum atomic E-state index is -1.70. The first-order valence-electron chi connectivity index (χ1n) is 4.09. The van der Waals surface area contributed by atoms with Crippen molar-refractivity contribution in [3.63, 3.8) is 0 Å². The number of aliphatic hydroxyl groups is 1. The van der Waals surface area contributed by atoms with Crippen molar-refractivity contribution in [1.82, 2.24) is 0 Å². The predicted molar refractivity (Wildman–Crippen MR) is 49.4 cm³/mol. The Labute approximate surface area is 84.7 Å². The summed E-state index contributed by atoms with van der Waals surface area (Å²) in [6, 6.07) is -1.70. The first-order chi connectivity index (χ1) is 6.86. The Balaban J connectivity index is 3.26. The molecule has 0 aromatic heterocycles. The number of carboxylic acid groups (broad SMARTS) is 1. The highest BCUT2D eigenvalue weighted by atomic mass is 16.6. The number of aliphatic carboxylic acids is 1. The third-order valence-electron chi connectivity index (χ3n) is 2.24. The van der Waals surface area contributed by atoms with Crippen molar-refractivity contribution in [3.8, 4) is 0 Å². The maximum Gasteiger partial charge on any atom is 0.338 e. The number of rotatable bonds is 2. The molecule has 7 nitrogen and oxygen atoms in total. The SMILES string of the molecule is CC1=C(N)C(O)C([N+](=O)[O-])C(C(=O)O)=C1. The Morgan fingerprint density at radius 1 is 1.67 bits per heavy atom. The maximum atomic E-state index is 10.7. The number of allylic oxidation sites excluding steroid dienone is 2. The van der Waals surface area contributed by atoms with E-state index in [1.165, 1.54) is 6.92 Å². The lowest BCUT2D eigenvalue weighted by molar-refractivity contribution is -0.521. The summed E-state index contributed by atoms with van der Waals surface area (Å²) in [4.78, 5) is 20.5. The number of nitro groups is 1. The van der Waals surface area contributed by atoms with Crippen LogP contribution in [-0.2, 0) is 4.79 Å². The van der Waals surface area contributed by atoms with Gasteiger partial charge in [0.15, 0.2) is 6.10 Å². The van der Waals surface area contributed by atoms with Gasteiger partial charge in [-0.2, -0.15) is 0 Å². The number of aliphatic hydroxyl groups excluding tert-OH is 1. The van der Waals surface area contributed by atoms with Gasteiger partial charge in [-0.15, -0.1) is 0 Å². The second-order valence-electron chi connectivity index (χ2n) is 3.22. The molecular formula is C8H10N2O5. The molecule has 82 valence electrons. The van der Waals surface area contributed by atoms with Crippen LogP contribution in [0.1, 0.15) is 6.92 Å². The van der Waals surface area contributed by atoms with E-state index in [1.54, 1.807) is 0 Å². The topological polar surface area (TPSA) is 127 Å². The normalized spacial score (nSPS) is 26.1. The van der Waals surface area contributed by atoms with E-state index in [-0.39, 0.29) is 5.70 Å². The van der Waals surface area contributed by atoms with Crippen molar-refractivity contribution >= 4 is 5.97 Å². The molecule has 0 aliphatic heterocycles. The largest absolute Gasteiger partial charge is 0.478 e. The van der Waals surface area contributed by atoms with Gasteiger partial charge >= 0.3 is 5.97 Å². The van der Waals surface area contributed by atoms with Crippen molar-refractivity contribution in [3.05, 3.63) is 33.0 Å². The Morgan fingerprint density at radius 2 is 2.20 bits per heavy atom. The molecule has 15 heavy (non-hydrogen) atoms. The Morgan fingerprint density at radius 3 is 2.60 bits per heavy atom. The third kappa shape index (κ3) is 1.82. The molecule has 2 atom stereocenters. The van der Waals surface area contributed by atoms with Crippen LogP contribution in [-0.4, -0.2) is 33.3 Å². The fourth-order valence-electron chi connectivity index (χ4n) is 1.39. The summed E-state index contributed by atoms with van der Waals surface area (Å²) < 4.78 is 0. The Hall–Kier alpha value is -1.89. The average molecular weight is 214 g/mol. The lowest BCUT2D eigenvalue weighted by Crippen LogP contribution is -2.43. The van der Waals surface area contributed by atoms with Crippen LogP contribution >= 0.6 is 0 Å². The summed E-state index contributed by atoms with van der Waals surface area (Å²) in [7, 11) is 0. The second-order valence-corrected chi connectivity index (χ2v) is 3.22. The second kappa shape index (κ2) is 3.70. The van der Waals surface area contributed by atoms with Gasteiger partial charge in [0.1, 0.15) is 5.57 Å². The number of carbonyl (C=O) groups is 1. The van der Waals surface area contributed by atoms with Gasteiger partial charge in [-0.25, -0.2) is 4.79 Å². The fraction of sp³-hybridized carbons (Fsp3) is 0.375. The molecule has 1 aliphatic carbocycles. The van der Waals surface area contributed by atoms with E-state index < -0.39 is 28.6 Å². The van der Waals surface area contributed by atoms with E-state index in [0.29, 0.717) is 5.57 Å². The molecule has 0 saturated heterocycles. The standard InChI is InChI=1S/C8H10N2O5/c1-3-2-4(8(12)13)6(10(14)15)7(11)5(3)9/h2,6-7,11H,9H2,1H3,(H,12,13). The molecule has 0 aromatic rings. The maximum absolute atomic E-state index is 10.7. The predicted octanol–water partition coefficient (Wildman–Crippen LogP) is -0.750. The molecule has 0 fully saturated rings. The zero-order chi connectivity index (χ0) is 11.7. The molecule has 0 spiro atoms. The molecular weight excluding hydrogens is 204 g/mol. The van der Waals surface area contributed by atoms with E-state index in [9.17, 15) is 20.0 Å². The lowest BCUT2D eigenvalue weighted by atomic mass is 9.91. The van der Waals surface area contributed by atoms with E-state index in [1.807, 2.05) is 0 Å². The average Bonchev–Trinajstić information content (AvgIpc) is 2.12. The molecule has 7 heteroatoms. The third-order valence-corrected chi connectivity index (χ3v) is 2.24.